The van der Waals surface area contributed by atoms with Crippen LogP contribution in [0.1, 0.15) is 38.3 Å². The van der Waals surface area contributed by atoms with Gasteiger partial charge in [-0.05, 0) is 24.8 Å². The maximum absolute atomic E-state index is 3.42. The minimum Gasteiger partial charge on any atom is -0.312 e. The van der Waals surface area contributed by atoms with Crippen molar-refractivity contribution in [2.45, 2.75) is 38.0 Å². The Kier molecular flexibility index (Phi) is 6.58. The molecule has 1 nitrogen and oxygen atoms in total. The summed E-state index contributed by atoms with van der Waals surface area (Å²) in [4.78, 5) is 0. The van der Waals surface area contributed by atoms with Crippen LogP contribution in [0.15, 0.2) is 30.3 Å². The Bertz CT molecular complexity index is 273. The summed E-state index contributed by atoms with van der Waals surface area (Å²) in [5.41, 5.74) is 1.39. The lowest BCUT2D eigenvalue weighted by molar-refractivity contribution is 0.589. The maximum atomic E-state index is 3.42. The molecule has 0 amide bonds. The van der Waals surface area contributed by atoms with E-state index in [1.807, 2.05) is 0 Å². The van der Waals surface area contributed by atoms with Gasteiger partial charge in [-0.2, -0.15) is 11.8 Å². The van der Waals surface area contributed by atoms with Crippen molar-refractivity contribution in [2.75, 3.05) is 12.8 Å². The highest BCUT2D eigenvalue weighted by Gasteiger charge is 2.16. The molecule has 0 saturated carbocycles. The first kappa shape index (κ1) is 13.6. The van der Waals surface area contributed by atoms with Crippen molar-refractivity contribution in [3.63, 3.8) is 0 Å². The summed E-state index contributed by atoms with van der Waals surface area (Å²) >= 11 is 2.07. The fourth-order valence-electron chi connectivity index (χ4n) is 1.84. The molecule has 1 rings (SSSR count). The smallest absolute Gasteiger partial charge is 0.0435 e. The fraction of sp³-hybridized carbons (Fsp3) is 0.571. The van der Waals surface area contributed by atoms with Gasteiger partial charge >= 0.3 is 0 Å². The molecule has 0 aliphatic heterocycles. The predicted octanol–water partition coefficient (Wildman–Crippen LogP) is 3.87. The molecule has 90 valence electrons. The van der Waals surface area contributed by atoms with Gasteiger partial charge < -0.3 is 5.32 Å². The Balaban J connectivity index is 2.53. The van der Waals surface area contributed by atoms with Crippen LogP contribution >= 0.6 is 11.8 Å². The zero-order chi connectivity index (χ0) is 11.8. The molecular formula is C14H23NS. The highest BCUT2D eigenvalue weighted by atomic mass is 32.2. The molecule has 0 spiro atoms. The Morgan fingerprint density at radius 2 is 1.94 bits per heavy atom. The maximum Gasteiger partial charge on any atom is 0.0435 e. The first-order valence-electron chi connectivity index (χ1n) is 6.13. The zero-order valence-corrected chi connectivity index (χ0v) is 11.4. The molecule has 2 unspecified atom stereocenters. The third-order valence-electron chi connectivity index (χ3n) is 2.82. The van der Waals surface area contributed by atoms with E-state index in [0.29, 0.717) is 11.3 Å². The third-order valence-corrected chi connectivity index (χ3v) is 4.14. The molecule has 0 aromatic heterocycles. The van der Waals surface area contributed by atoms with Gasteiger partial charge in [0.05, 0.1) is 0 Å². The topological polar surface area (TPSA) is 12.0 Å². The minimum absolute atomic E-state index is 0.461. The van der Waals surface area contributed by atoms with E-state index >= 15 is 0 Å². The number of hydrogen-bond acceptors (Lipinski definition) is 2. The summed E-state index contributed by atoms with van der Waals surface area (Å²) in [7, 11) is 2.05. The van der Waals surface area contributed by atoms with E-state index in [2.05, 4.69) is 68.3 Å². The molecule has 0 bridgehead atoms. The average molecular weight is 237 g/mol. The van der Waals surface area contributed by atoms with E-state index in [1.54, 1.807) is 0 Å². The standard InChI is InChI=1S/C14H23NS/c1-4-5-11-16-12(2)14(15-3)13-9-7-6-8-10-13/h6-10,12,14-15H,4-5,11H2,1-3H3. The normalized spacial score (nSPS) is 14.7. The van der Waals surface area contributed by atoms with Gasteiger partial charge in [0.15, 0.2) is 0 Å². The quantitative estimate of drug-likeness (QED) is 0.723. The van der Waals surface area contributed by atoms with Crippen LogP contribution in [0.5, 0.6) is 0 Å². The van der Waals surface area contributed by atoms with Crippen LogP contribution in [-0.4, -0.2) is 18.1 Å². The van der Waals surface area contributed by atoms with Gasteiger partial charge in [-0.3, -0.25) is 0 Å². The zero-order valence-electron chi connectivity index (χ0n) is 10.6. The van der Waals surface area contributed by atoms with Crippen molar-refractivity contribution >= 4 is 11.8 Å². The summed E-state index contributed by atoms with van der Waals surface area (Å²) in [6, 6.07) is 11.2. The third kappa shape index (κ3) is 4.18. The second-order valence-corrected chi connectivity index (χ2v) is 5.59. The Labute approximate surface area is 104 Å². The summed E-state index contributed by atoms with van der Waals surface area (Å²) in [5, 5.41) is 4.05. The van der Waals surface area contributed by atoms with E-state index in [1.165, 1.54) is 24.2 Å². The molecule has 0 saturated heterocycles. The van der Waals surface area contributed by atoms with Crippen LogP contribution in [0.4, 0.5) is 0 Å². The number of thioether (sulfide) groups is 1. The molecular weight excluding hydrogens is 214 g/mol. The van der Waals surface area contributed by atoms with Crippen LogP contribution in [0.2, 0.25) is 0 Å². The van der Waals surface area contributed by atoms with Crippen molar-refractivity contribution in [3.8, 4) is 0 Å². The summed E-state index contributed by atoms with van der Waals surface area (Å²) in [6.45, 7) is 4.56. The summed E-state index contributed by atoms with van der Waals surface area (Å²) in [5.74, 6) is 1.27. The van der Waals surface area contributed by atoms with Crippen molar-refractivity contribution in [2.24, 2.45) is 0 Å². The molecule has 1 aromatic rings. The number of unbranched alkanes of at least 4 members (excludes halogenated alkanes) is 1. The van der Waals surface area contributed by atoms with Gasteiger partial charge in [-0.15, -0.1) is 0 Å². The van der Waals surface area contributed by atoms with E-state index < -0.39 is 0 Å². The Morgan fingerprint density at radius 1 is 1.25 bits per heavy atom. The van der Waals surface area contributed by atoms with Crippen LogP contribution < -0.4 is 5.32 Å². The Morgan fingerprint density at radius 3 is 2.50 bits per heavy atom. The number of nitrogens with one attached hydrogen (secondary N) is 1. The molecule has 0 radical (unpaired) electrons. The molecule has 0 heterocycles. The number of benzene rings is 1. The monoisotopic (exact) mass is 237 g/mol. The predicted molar refractivity (Wildman–Crippen MR) is 75.1 cm³/mol. The molecule has 0 fully saturated rings. The van der Waals surface area contributed by atoms with Crippen molar-refractivity contribution < 1.29 is 0 Å². The molecule has 1 N–H and O–H groups in total. The second-order valence-electron chi connectivity index (χ2n) is 4.11. The lowest BCUT2D eigenvalue weighted by Crippen LogP contribution is -2.25. The van der Waals surface area contributed by atoms with E-state index in [-0.39, 0.29) is 0 Å². The lowest BCUT2D eigenvalue weighted by Gasteiger charge is -2.23. The van der Waals surface area contributed by atoms with Crippen molar-refractivity contribution in [1.29, 1.82) is 0 Å². The molecule has 0 aliphatic rings. The molecule has 16 heavy (non-hydrogen) atoms. The number of rotatable bonds is 7. The van der Waals surface area contributed by atoms with Gasteiger partial charge in [0.2, 0.25) is 0 Å². The first-order chi connectivity index (χ1) is 7.79. The van der Waals surface area contributed by atoms with Crippen molar-refractivity contribution in [3.05, 3.63) is 35.9 Å². The van der Waals surface area contributed by atoms with Gasteiger partial charge in [0, 0.05) is 11.3 Å². The SMILES string of the molecule is CCCCSC(C)C(NC)c1ccccc1. The summed E-state index contributed by atoms with van der Waals surface area (Å²) < 4.78 is 0. The summed E-state index contributed by atoms with van der Waals surface area (Å²) in [6.07, 6.45) is 2.61. The van der Waals surface area contributed by atoms with Crippen molar-refractivity contribution in [1.82, 2.24) is 5.32 Å². The minimum atomic E-state index is 0.461. The second kappa shape index (κ2) is 7.75. The average Bonchev–Trinajstić information content (AvgIpc) is 2.32. The largest absolute Gasteiger partial charge is 0.312 e. The Hall–Kier alpha value is -0.470. The lowest BCUT2D eigenvalue weighted by atomic mass is 10.0. The van der Waals surface area contributed by atoms with Crippen LogP contribution in [-0.2, 0) is 0 Å². The van der Waals surface area contributed by atoms with E-state index in [9.17, 15) is 0 Å². The molecule has 1 aromatic carbocycles. The van der Waals surface area contributed by atoms with Gasteiger partial charge in [-0.25, -0.2) is 0 Å². The highest BCUT2D eigenvalue weighted by Crippen LogP contribution is 2.26. The molecule has 2 atom stereocenters. The van der Waals surface area contributed by atoms with Crippen LogP contribution in [0.3, 0.4) is 0 Å². The van der Waals surface area contributed by atoms with E-state index in [4.69, 9.17) is 0 Å². The number of hydrogen-bond donors (Lipinski definition) is 1. The fourth-order valence-corrected chi connectivity index (χ4v) is 3.16. The van der Waals surface area contributed by atoms with Crippen LogP contribution in [0, 0.1) is 0 Å². The van der Waals surface area contributed by atoms with Gasteiger partial charge in [0.25, 0.3) is 0 Å². The highest BCUT2D eigenvalue weighted by molar-refractivity contribution is 7.99. The first-order valence-corrected chi connectivity index (χ1v) is 7.18. The van der Waals surface area contributed by atoms with Gasteiger partial charge in [0.1, 0.15) is 0 Å². The van der Waals surface area contributed by atoms with Gasteiger partial charge in [-0.1, -0.05) is 50.6 Å². The molecule has 0 aliphatic carbocycles. The molecule has 2 heteroatoms. The van der Waals surface area contributed by atoms with Crippen LogP contribution in [0.25, 0.3) is 0 Å². The van der Waals surface area contributed by atoms with E-state index in [0.717, 1.165) is 0 Å².